The Bertz CT molecular complexity index is 1530. The average molecular weight is 546 g/mol. The Labute approximate surface area is 206 Å². The number of H-pyrrole nitrogens is 1. The van der Waals surface area contributed by atoms with Crippen LogP contribution < -0.4 is 20.7 Å². The molecule has 0 saturated heterocycles. The molecule has 192 valence electrons. The lowest BCUT2D eigenvalue weighted by atomic mass is 9.91. The second-order valence-electron chi connectivity index (χ2n) is 7.97. The van der Waals surface area contributed by atoms with Crippen LogP contribution in [-0.2, 0) is 10.0 Å². The van der Waals surface area contributed by atoms with E-state index in [0.717, 1.165) is 18.3 Å². The zero-order valence-electron chi connectivity index (χ0n) is 18.3. The molecular weight excluding hydrogens is 528 g/mol. The summed E-state index contributed by atoms with van der Waals surface area (Å²) in [6, 6.07) is 2.96. The highest BCUT2D eigenvalue weighted by atomic mass is 35.5. The number of aromatic hydroxyl groups is 1. The van der Waals surface area contributed by atoms with E-state index in [9.17, 15) is 37.0 Å². The molecule has 1 aliphatic rings. The number of aromatic nitrogens is 4. The number of pyridine rings is 1. The van der Waals surface area contributed by atoms with Crippen LogP contribution in [0.15, 0.2) is 38.9 Å². The topological polar surface area (TPSA) is 176 Å². The lowest BCUT2D eigenvalue weighted by molar-refractivity contribution is 0.0712. The number of rotatable bonds is 7. The third-order valence-corrected chi connectivity index (χ3v) is 7.10. The molecule has 2 heterocycles. The van der Waals surface area contributed by atoms with Gasteiger partial charge in [0.2, 0.25) is 15.9 Å². The highest BCUT2D eigenvalue weighted by Gasteiger charge is 2.32. The molecule has 36 heavy (non-hydrogen) atoms. The minimum atomic E-state index is -4.17. The summed E-state index contributed by atoms with van der Waals surface area (Å²) in [5.41, 5.74) is -3.33. The summed E-state index contributed by atoms with van der Waals surface area (Å²) in [7, 11) is -4.17. The van der Waals surface area contributed by atoms with E-state index in [0.29, 0.717) is 4.68 Å². The van der Waals surface area contributed by atoms with Crippen molar-refractivity contribution in [2.24, 2.45) is 0 Å². The van der Waals surface area contributed by atoms with Crippen molar-refractivity contribution in [2.75, 3.05) is 0 Å². The van der Waals surface area contributed by atoms with Crippen molar-refractivity contribution in [1.29, 1.82) is 0 Å². The summed E-state index contributed by atoms with van der Waals surface area (Å²) in [6.07, 6.45) is -2.48. The maximum atomic E-state index is 13.0. The fourth-order valence-corrected chi connectivity index (χ4v) is 5.09. The Morgan fingerprint density at radius 1 is 1.28 bits per heavy atom. The van der Waals surface area contributed by atoms with Gasteiger partial charge in [0.1, 0.15) is 4.90 Å². The lowest BCUT2D eigenvalue weighted by Gasteiger charge is -2.31. The number of nitrogens with one attached hydrogen (secondary N) is 2. The first-order valence-electron chi connectivity index (χ1n) is 10.2. The van der Waals surface area contributed by atoms with E-state index < -0.39 is 56.2 Å². The maximum absolute atomic E-state index is 13.0. The summed E-state index contributed by atoms with van der Waals surface area (Å²) < 4.78 is 59.9. The molecule has 1 saturated carbocycles. The van der Waals surface area contributed by atoms with E-state index in [2.05, 4.69) is 14.8 Å². The predicted molar refractivity (Wildman–Crippen MR) is 120 cm³/mol. The number of aliphatic hydroxyl groups is 1. The van der Waals surface area contributed by atoms with Crippen molar-refractivity contribution < 1.29 is 32.1 Å². The van der Waals surface area contributed by atoms with E-state index in [-0.39, 0.29) is 40.7 Å². The summed E-state index contributed by atoms with van der Waals surface area (Å²) in [5.74, 6) is -0.895. The van der Waals surface area contributed by atoms with E-state index in [1.54, 1.807) is 4.98 Å². The van der Waals surface area contributed by atoms with Gasteiger partial charge in [0.25, 0.3) is 12.0 Å². The molecule has 2 aromatic heterocycles. The van der Waals surface area contributed by atoms with Gasteiger partial charge in [0.15, 0.2) is 17.2 Å². The van der Waals surface area contributed by atoms with Crippen LogP contribution in [0, 0.1) is 6.92 Å². The molecule has 0 amide bonds. The number of hydrogen-bond donors (Lipinski definition) is 4. The van der Waals surface area contributed by atoms with Crippen molar-refractivity contribution in [3.63, 3.8) is 0 Å². The van der Waals surface area contributed by atoms with Gasteiger partial charge in [0.05, 0.1) is 23.0 Å². The zero-order valence-corrected chi connectivity index (χ0v) is 19.8. The van der Waals surface area contributed by atoms with Crippen molar-refractivity contribution in [3.8, 4) is 23.1 Å². The smallest absolute Gasteiger partial charge is 0.349 e. The van der Waals surface area contributed by atoms with E-state index >= 15 is 0 Å². The van der Waals surface area contributed by atoms with Gasteiger partial charge >= 0.3 is 5.69 Å². The van der Waals surface area contributed by atoms with Gasteiger partial charge in [-0.1, -0.05) is 11.6 Å². The monoisotopic (exact) mass is 545 g/mol. The van der Waals surface area contributed by atoms with Gasteiger partial charge in [-0.05, 0) is 37.5 Å². The molecule has 0 unspecified atom stereocenters. The van der Waals surface area contributed by atoms with Crippen LogP contribution in [0.1, 0.15) is 30.5 Å². The minimum Gasteiger partial charge on any atom is -0.505 e. The number of halogens is 3. The fourth-order valence-electron chi connectivity index (χ4n) is 3.45. The second kappa shape index (κ2) is 9.57. The molecule has 12 nitrogen and oxygen atoms in total. The summed E-state index contributed by atoms with van der Waals surface area (Å²) in [5, 5.41) is 22.7. The molecule has 1 aromatic carbocycles. The number of hydrogen-bond acceptors (Lipinski definition) is 9. The fraction of sp³-hybridized carbons (Fsp3) is 0.300. The SMILES string of the molecule is Cc1cc(-n2nc(C(F)F)c(=O)[nH]c2=O)cc(Cl)c1Oc1cc(S(=O)(=O)N[C@H]2C[C@H](O)C2)c(O)cn1. The summed E-state index contributed by atoms with van der Waals surface area (Å²) in [4.78, 5) is 28.7. The van der Waals surface area contributed by atoms with Gasteiger partial charge in [-0.25, -0.2) is 31.7 Å². The molecule has 3 aromatic rings. The molecule has 1 aliphatic carbocycles. The molecule has 0 spiro atoms. The number of aliphatic hydroxyl groups excluding tert-OH is 1. The average Bonchev–Trinajstić information content (AvgIpc) is 2.75. The largest absolute Gasteiger partial charge is 0.505 e. The normalized spacial score (nSPS) is 17.7. The van der Waals surface area contributed by atoms with Crippen LogP contribution in [0.3, 0.4) is 0 Å². The molecule has 0 aliphatic heterocycles. The number of ether oxygens (including phenoxy) is 1. The number of alkyl halides is 2. The third kappa shape index (κ3) is 5.09. The Kier molecular flexibility index (Phi) is 6.83. The van der Waals surface area contributed by atoms with Gasteiger partial charge in [-0.15, -0.1) is 0 Å². The van der Waals surface area contributed by atoms with Crippen LogP contribution >= 0.6 is 11.6 Å². The maximum Gasteiger partial charge on any atom is 0.349 e. The molecule has 16 heteroatoms. The van der Waals surface area contributed by atoms with Gasteiger partial charge < -0.3 is 14.9 Å². The van der Waals surface area contributed by atoms with Gasteiger partial charge in [0, 0.05) is 12.1 Å². The predicted octanol–water partition coefficient (Wildman–Crippen LogP) is 1.51. The standard InChI is InChI=1S/C20H18ClF2N5O7S/c1-8-2-10(28-20(32)25-19(31)16(26-28)18(22)23)5-12(21)17(8)35-15-6-14(13(30)7-24-15)36(33,34)27-9-3-11(29)4-9/h2,5-7,9,11,18,27,29-30H,3-4H2,1H3,(H,25,31,32)/t9-,11-. The third-order valence-electron chi connectivity index (χ3n) is 5.27. The molecule has 1 fully saturated rings. The van der Waals surface area contributed by atoms with Crippen molar-refractivity contribution >= 4 is 21.6 Å². The minimum absolute atomic E-state index is 0.0106. The highest BCUT2D eigenvalue weighted by Crippen LogP contribution is 2.36. The van der Waals surface area contributed by atoms with Crippen molar-refractivity contribution in [2.45, 2.75) is 43.2 Å². The van der Waals surface area contributed by atoms with Gasteiger partial charge in [-0.2, -0.15) is 9.78 Å². The zero-order chi connectivity index (χ0) is 26.4. The summed E-state index contributed by atoms with van der Waals surface area (Å²) in [6.45, 7) is 1.50. The first-order valence-corrected chi connectivity index (χ1v) is 12.1. The second-order valence-corrected chi connectivity index (χ2v) is 10.1. The first-order chi connectivity index (χ1) is 16.9. The number of benzene rings is 1. The Balaban J connectivity index is 1.66. The van der Waals surface area contributed by atoms with Crippen LogP contribution in [0.25, 0.3) is 5.69 Å². The van der Waals surface area contributed by atoms with Crippen LogP contribution in [0.2, 0.25) is 5.02 Å². The number of aryl methyl sites for hydroxylation is 1. The van der Waals surface area contributed by atoms with Crippen molar-refractivity contribution in [3.05, 3.63) is 61.5 Å². The Morgan fingerprint density at radius 2 is 1.97 bits per heavy atom. The van der Waals surface area contributed by atoms with E-state index in [1.807, 2.05) is 0 Å². The number of sulfonamides is 1. The van der Waals surface area contributed by atoms with Crippen molar-refractivity contribution in [1.82, 2.24) is 24.5 Å². The summed E-state index contributed by atoms with van der Waals surface area (Å²) >= 11 is 6.27. The Morgan fingerprint density at radius 3 is 2.58 bits per heavy atom. The van der Waals surface area contributed by atoms with Crippen LogP contribution in [0.4, 0.5) is 8.78 Å². The van der Waals surface area contributed by atoms with Crippen LogP contribution in [0.5, 0.6) is 17.4 Å². The molecule has 4 N–H and O–H groups in total. The van der Waals surface area contributed by atoms with E-state index in [1.165, 1.54) is 13.0 Å². The molecule has 0 radical (unpaired) electrons. The first kappa shape index (κ1) is 25.7. The highest BCUT2D eigenvalue weighted by molar-refractivity contribution is 7.89. The number of nitrogens with zero attached hydrogens (tertiary/aromatic N) is 3. The van der Waals surface area contributed by atoms with E-state index in [4.69, 9.17) is 16.3 Å². The quantitative estimate of drug-likeness (QED) is 0.342. The van der Waals surface area contributed by atoms with Gasteiger partial charge in [-0.3, -0.25) is 9.78 Å². The molecule has 4 rings (SSSR count). The number of aromatic amines is 1. The molecular formula is C20H18ClF2N5O7S. The Hall–Kier alpha value is -3.40. The lowest BCUT2D eigenvalue weighted by Crippen LogP contribution is -2.46. The van der Waals surface area contributed by atoms with Crippen LogP contribution in [-0.4, -0.2) is 50.5 Å². The molecule has 0 bridgehead atoms. The molecule has 0 atom stereocenters.